The second-order valence-corrected chi connectivity index (χ2v) is 12.3. The lowest BCUT2D eigenvalue weighted by Gasteiger charge is -2.61. The fourth-order valence-corrected chi connectivity index (χ4v) is 7.69. The van der Waals surface area contributed by atoms with Gasteiger partial charge in [-0.15, -0.1) is 0 Å². The van der Waals surface area contributed by atoms with Crippen LogP contribution in [0.2, 0.25) is 0 Å². The van der Waals surface area contributed by atoms with Gasteiger partial charge in [0.25, 0.3) is 0 Å². The molecule has 0 spiro atoms. The minimum absolute atomic E-state index is 0.148. The fraction of sp³-hybridized carbons (Fsp3) is 0.840. The predicted molar refractivity (Wildman–Crippen MR) is 110 cm³/mol. The van der Waals surface area contributed by atoms with Crippen LogP contribution >= 0.6 is 0 Å². The maximum absolute atomic E-state index is 12.9. The molecule has 4 heteroatoms. The molecule has 0 aromatic heterocycles. The van der Waals surface area contributed by atoms with Crippen LogP contribution in [0.5, 0.6) is 0 Å². The van der Waals surface area contributed by atoms with E-state index in [1.807, 2.05) is 26.8 Å². The topological polar surface area (TPSA) is 63.6 Å². The minimum atomic E-state index is -0.936. The van der Waals surface area contributed by atoms with Crippen molar-refractivity contribution in [2.45, 2.75) is 84.8 Å². The molecule has 29 heavy (non-hydrogen) atoms. The first kappa shape index (κ1) is 19.8. The van der Waals surface area contributed by atoms with Crippen molar-refractivity contribution in [3.63, 3.8) is 0 Å². The van der Waals surface area contributed by atoms with Gasteiger partial charge in [-0.2, -0.15) is 0 Å². The molecule has 4 nitrogen and oxygen atoms in total. The molecule has 4 fully saturated rings. The summed E-state index contributed by atoms with van der Waals surface area (Å²) in [5.74, 6) is 2.47. The molecule has 0 saturated heterocycles. The average molecular weight is 401 g/mol. The Morgan fingerprint density at radius 1 is 1.21 bits per heavy atom. The lowest BCUT2D eigenvalue weighted by molar-refractivity contribution is -0.187. The molecule has 1 N–H and O–H groups in total. The van der Waals surface area contributed by atoms with Crippen molar-refractivity contribution >= 4 is 11.8 Å². The molecule has 9 atom stereocenters. The van der Waals surface area contributed by atoms with E-state index in [0.29, 0.717) is 41.8 Å². The van der Waals surface area contributed by atoms with Crippen LogP contribution in [0.15, 0.2) is 12.2 Å². The average Bonchev–Trinajstić information content (AvgIpc) is 3.37. The fourth-order valence-electron chi connectivity index (χ4n) is 7.69. The van der Waals surface area contributed by atoms with E-state index >= 15 is 0 Å². The van der Waals surface area contributed by atoms with Crippen molar-refractivity contribution in [3.8, 4) is 0 Å². The number of allylic oxidation sites excluding steroid dienone is 1. The summed E-state index contributed by atoms with van der Waals surface area (Å²) in [4.78, 5) is 25.3. The lowest BCUT2D eigenvalue weighted by atomic mass is 9.45. The summed E-state index contributed by atoms with van der Waals surface area (Å²) in [6.07, 6.45) is 9.27. The molecule has 160 valence electrons. The van der Waals surface area contributed by atoms with Gasteiger partial charge in [-0.1, -0.05) is 26.0 Å². The molecule has 5 aliphatic carbocycles. The van der Waals surface area contributed by atoms with E-state index in [9.17, 15) is 14.7 Å². The number of Topliss-reactive ketones (excluding diaryl/α,β-unsaturated/α-hetero) is 1. The van der Waals surface area contributed by atoms with Gasteiger partial charge >= 0.3 is 5.97 Å². The van der Waals surface area contributed by atoms with Crippen molar-refractivity contribution in [3.05, 3.63) is 12.2 Å². The third-order valence-electron chi connectivity index (χ3n) is 9.60. The van der Waals surface area contributed by atoms with Crippen LogP contribution in [0.1, 0.15) is 73.1 Å². The van der Waals surface area contributed by atoms with Gasteiger partial charge in [0.2, 0.25) is 0 Å². The van der Waals surface area contributed by atoms with Gasteiger partial charge in [0.1, 0.15) is 11.9 Å². The predicted octanol–water partition coefficient (Wildman–Crippen LogP) is 4.30. The van der Waals surface area contributed by atoms with Gasteiger partial charge in [0.05, 0.1) is 11.0 Å². The summed E-state index contributed by atoms with van der Waals surface area (Å²) in [5.41, 5.74) is -1.83. The molecule has 0 bridgehead atoms. The summed E-state index contributed by atoms with van der Waals surface area (Å²) in [6, 6.07) is 0. The van der Waals surface area contributed by atoms with Crippen molar-refractivity contribution in [2.75, 3.05) is 0 Å². The van der Waals surface area contributed by atoms with E-state index in [4.69, 9.17) is 4.74 Å². The van der Waals surface area contributed by atoms with Crippen LogP contribution in [-0.2, 0) is 14.3 Å². The highest BCUT2D eigenvalue weighted by Crippen LogP contribution is 2.71. The Morgan fingerprint density at radius 3 is 2.62 bits per heavy atom. The summed E-state index contributed by atoms with van der Waals surface area (Å²) < 4.78 is 5.80. The molecule has 5 aliphatic rings. The third-order valence-corrected chi connectivity index (χ3v) is 9.60. The third kappa shape index (κ3) is 2.53. The molecule has 0 aliphatic heterocycles. The zero-order chi connectivity index (χ0) is 21.0. The number of carbonyl (C=O) groups is 2. The van der Waals surface area contributed by atoms with Crippen LogP contribution in [0.25, 0.3) is 0 Å². The summed E-state index contributed by atoms with van der Waals surface area (Å²) in [6.45, 7) is 10.1. The number of fused-ring (bicyclic) bond motifs is 7. The molecule has 0 heterocycles. The number of ketones is 1. The zero-order valence-electron chi connectivity index (χ0n) is 18.5. The normalized spacial score (nSPS) is 52.8. The smallest absolute Gasteiger partial charge is 0.311 e. The Kier molecular flexibility index (Phi) is 3.92. The highest BCUT2D eigenvalue weighted by molar-refractivity contribution is 5.92. The molecule has 0 amide bonds. The van der Waals surface area contributed by atoms with Crippen LogP contribution in [0.4, 0.5) is 0 Å². The molecule has 0 aromatic rings. The maximum atomic E-state index is 12.9. The van der Waals surface area contributed by atoms with Crippen molar-refractivity contribution in [1.82, 2.24) is 0 Å². The first-order valence-corrected chi connectivity index (χ1v) is 11.6. The van der Waals surface area contributed by atoms with E-state index in [2.05, 4.69) is 19.9 Å². The second-order valence-electron chi connectivity index (χ2n) is 12.3. The van der Waals surface area contributed by atoms with Gasteiger partial charge in [0, 0.05) is 23.2 Å². The number of rotatable bonds is 1. The Balaban J connectivity index is 1.42. The molecule has 4 saturated carbocycles. The zero-order valence-corrected chi connectivity index (χ0v) is 18.5. The van der Waals surface area contributed by atoms with E-state index < -0.39 is 11.0 Å². The maximum Gasteiger partial charge on any atom is 0.311 e. The monoisotopic (exact) mass is 400 g/mol. The summed E-state index contributed by atoms with van der Waals surface area (Å²) in [5, 5.41) is 11.8. The Morgan fingerprint density at radius 2 is 1.93 bits per heavy atom. The van der Waals surface area contributed by atoms with Crippen LogP contribution < -0.4 is 0 Å². The number of ether oxygens (including phenoxy) is 1. The van der Waals surface area contributed by atoms with Crippen molar-refractivity contribution in [1.29, 1.82) is 0 Å². The number of hydrogen-bond donors (Lipinski definition) is 1. The second kappa shape index (κ2) is 5.75. The van der Waals surface area contributed by atoms with Gasteiger partial charge in [-0.05, 0) is 76.5 Å². The van der Waals surface area contributed by atoms with Crippen molar-refractivity contribution in [2.24, 2.45) is 45.8 Å². The summed E-state index contributed by atoms with van der Waals surface area (Å²) >= 11 is 0. The standard InChI is InChI=1S/C25H36O4/c1-22(2,3)21(27)29-14-6-10-24(5)18-8-9-23(4)19(16-12-17(16)20(23)26)15(18)7-11-25(24,28)13-14/h7,11,14-19,28H,6,8-10,12-13H2,1-5H3/t14-,15?,16?,17-,18?,19?,23-,24+,25-/m0/s1. The number of aliphatic hydroxyl groups is 1. The largest absolute Gasteiger partial charge is 0.462 e. The minimum Gasteiger partial charge on any atom is -0.462 e. The number of esters is 1. The van der Waals surface area contributed by atoms with E-state index in [-0.39, 0.29) is 22.9 Å². The van der Waals surface area contributed by atoms with Crippen LogP contribution in [-0.4, -0.2) is 28.6 Å². The van der Waals surface area contributed by atoms with Gasteiger partial charge in [0.15, 0.2) is 0 Å². The number of hydrogen-bond acceptors (Lipinski definition) is 4. The molecular formula is C25H36O4. The SMILES string of the molecule is CC(C)(C)C(=O)O[C@H]1CC[C@]2(C)C3CC[C@]4(C)C(=O)[C@H]5CC5C4C3C=C[C@]2(O)C1. The lowest BCUT2D eigenvalue weighted by Crippen LogP contribution is -2.61. The highest BCUT2D eigenvalue weighted by atomic mass is 16.5. The van der Waals surface area contributed by atoms with Gasteiger partial charge in [-0.25, -0.2) is 0 Å². The van der Waals surface area contributed by atoms with Gasteiger partial charge < -0.3 is 9.84 Å². The molecule has 0 radical (unpaired) electrons. The number of carbonyl (C=O) groups excluding carboxylic acids is 2. The van der Waals surface area contributed by atoms with E-state index in [0.717, 1.165) is 32.1 Å². The summed E-state index contributed by atoms with van der Waals surface area (Å²) in [7, 11) is 0. The molecule has 0 aromatic carbocycles. The molecule has 5 rings (SSSR count). The van der Waals surface area contributed by atoms with Gasteiger partial charge in [-0.3, -0.25) is 9.59 Å². The highest BCUT2D eigenvalue weighted by Gasteiger charge is 2.71. The van der Waals surface area contributed by atoms with Crippen LogP contribution in [0, 0.1) is 45.8 Å². The molecular weight excluding hydrogens is 364 g/mol. The van der Waals surface area contributed by atoms with E-state index in [1.165, 1.54) is 0 Å². The molecule has 4 unspecified atom stereocenters. The Bertz CT molecular complexity index is 793. The first-order valence-electron chi connectivity index (χ1n) is 11.6. The van der Waals surface area contributed by atoms with Crippen molar-refractivity contribution < 1.29 is 19.4 Å². The Hall–Kier alpha value is -1.16. The van der Waals surface area contributed by atoms with Crippen LogP contribution in [0.3, 0.4) is 0 Å². The quantitative estimate of drug-likeness (QED) is 0.526. The Labute approximate surface area is 174 Å². The first-order chi connectivity index (χ1) is 13.4. The van der Waals surface area contributed by atoms with E-state index in [1.54, 1.807) is 0 Å².